The van der Waals surface area contributed by atoms with Gasteiger partial charge in [0.15, 0.2) is 0 Å². The molecule has 0 fully saturated rings. The number of carboxylic acid groups (broad SMARTS) is 1. The zero-order chi connectivity index (χ0) is 10.6. The first-order valence-corrected chi connectivity index (χ1v) is 4.34. The minimum atomic E-state index is -0.923. The normalized spacial score (nSPS) is 12.4. The molecular formula is C10H13NO3. The first-order valence-electron chi connectivity index (χ1n) is 4.34. The summed E-state index contributed by atoms with van der Waals surface area (Å²) in [6, 6.07) is 6.32. The first kappa shape index (κ1) is 10.5. The molecule has 0 saturated carbocycles. The summed E-state index contributed by atoms with van der Waals surface area (Å²) in [6.07, 6.45) is 0.285. The van der Waals surface area contributed by atoms with Gasteiger partial charge in [0.1, 0.15) is 5.75 Å². The van der Waals surface area contributed by atoms with Gasteiger partial charge in [0, 0.05) is 6.04 Å². The monoisotopic (exact) mass is 195 g/mol. The maximum atomic E-state index is 10.3. The van der Waals surface area contributed by atoms with E-state index in [2.05, 4.69) is 0 Å². The molecule has 14 heavy (non-hydrogen) atoms. The lowest BCUT2D eigenvalue weighted by Gasteiger charge is -2.09. The van der Waals surface area contributed by atoms with Crippen LogP contribution < -0.4 is 5.73 Å². The van der Waals surface area contributed by atoms with Crippen LogP contribution in [0.1, 0.15) is 12.0 Å². The second-order valence-corrected chi connectivity index (χ2v) is 3.19. The fourth-order valence-electron chi connectivity index (χ4n) is 1.26. The second kappa shape index (κ2) is 4.62. The van der Waals surface area contributed by atoms with Gasteiger partial charge in [0.2, 0.25) is 0 Å². The van der Waals surface area contributed by atoms with Gasteiger partial charge in [-0.15, -0.1) is 0 Å². The molecule has 1 rings (SSSR count). The summed E-state index contributed by atoms with van der Waals surface area (Å²) in [4.78, 5) is 10.3. The molecular weight excluding hydrogens is 182 g/mol. The minimum absolute atomic E-state index is 0.0890. The summed E-state index contributed by atoms with van der Waals surface area (Å²) in [5, 5.41) is 17.9. The Morgan fingerprint density at radius 3 is 2.64 bits per heavy atom. The molecule has 0 unspecified atom stereocenters. The summed E-state index contributed by atoms with van der Waals surface area (Å²) in [6.45, 7) is 0. The number of phenols is 1. The van der Waals surface area contributed by atoms with Crippen LogP contribution in [0.3, 0.4) is 0 Å². The molecule has 0 amide bonds. The van der Waals surface area contributed by atoms with Crippen molar-refractivity contribution in [2.24, 2.45) is 5.73 Å². The minimum Gasteiger partial charge on any atom is -0.508 e. The number of carboxylic acids is 1. The van der Waals surface area contributed by atoms with Crippen molar-refractivity contribution in [3.63, 3.8) is 0 Å². The highest BCUT2D eigenvalue weighted by Gasteiger charge is 2.10. The molecule has 4 nitrogen and oxygen atoms in total. The van der Waals surface area contributed by atoms with Crippen molar-refractivity contribution in [1.82, 2.24) is 0 Å². The van der Waals surface area contributed by atoms with E-state index >= 15 is 0 Å². The van der Waals surface area contributed by atoms with E-state index in [1.54, 1.807) is 24.3 Å². The number of rotatable bonds is 4. The van der Waals surface area contributed by atoms with E-state index in [-0.39, 0.29) is 12.2 Å². The van der Waals surface area contributed by atoms with Gasteiger partial charge in [0.25, 0.3) is 0 Å². The Kier molecular flexibility index (Phi) is 3.48. The van der Waals surface area contributed by atoms with E-state index in [0.29, 0.717) is 12.0 Å². The fourth-order valence-corrected chi connectivity index (χ4v) is 1.26. The van der Waals surface area contributed by atoms with Crippen LogP contribution >= 0.6 is 0 Å². The van der Waals surface area contributed by atoms with Crippen LogP contribution in [0.5, 0.6) is 5.75 Å². The van der Waals surface area contributed by atoms with Crippen molar-refractivity contribution in [2.75, 3.05) is 0 Å². The number of nitrogens with two attached hydrogens (primary N) is 1. The average Bonchev–Trinajstić information content (AvgIpc) is 2.07. The zero-order valence-electron chi connectivity index (χ0n) is 7.68. The number of aromatic hydroxyl groups is 1. The largest absolute Gasteiger partial charge is 0.508 e. The third-order valence-corrected chi connectivity index (χ3v) is 1.91. The highest BCUT2D eigenvalue weighted by atomic mass is 16.4. The first-order chi connectivity index (χ1) is 6.59. The molecule has 0 aliphatic rings. The highest BCUT2D eigenvalue weighted by molar-refractivity contribution is 5.67. The maximum Gasteiger partial charge on any atom is 0.304 e. The lowest BCUT2D eigenvalue weighted by atomic mass is 10.0. The summed E-state index contributed by atoms with van der Waals surface area (Å²) in [5.41, 5.74) is 6.27. The van der Waals surface area contributed by atoms with Crippen LogP contribution in [0, 0.1) is 0 Å². The molecule has 0 bridgehead atoms. The van der Waals surface area contributed by atoms with Crippen LogP contribution in [0.2, 0.25) is 0 Å². The summed E-state index contributed by atoms with van der Waals surface area (Å²) in [7, 11) is 0. The Balaban J connectivity index is 2.60. The quantitative estimate of drug-likeness (QED) is 0.661. The van der Waals surface area contributed by atoms with Crippen LogP contribution in [-0.2, 0) is 11.2 Å². The number of carbonyl (C=O) groups is 1. The van der Waals surface area contributed by atoms with Crippen molar-refractivity contribution in [3.8, 4) is 5.75 Å². The summed E-state index contributed by atoms with van der Waals surface area (Å²) in [5.74, 6) is -0.763. The maximum absolute atomic E-state index is 10.3. The molecule has 1 aromatic rings. The predicted octanol–water partition coefficient (Wildman–Crippen LogP) is 0.737. The number of aliphatic carboxylic acids is 1. The average molecular weight is 195 g/mol. The Labute approximate surface area is 82.0 Å². The molecule has 4 heteroatoms. The Bertz CT molecular complexity index is 325. The molecule has 0 aliphatic carbocycles. The molecule has 76 valence electrons. The van der Waals surface area contributed by atoms with E-state index in [0.717, 1.165) is 0 Å². The van der Waals surface area contributed by atoms with E-state index in [1.165, 1.54) is 0 Å². The lowest BCUT2D eigenvalue weighted by Crippen LogP contribution is -2.26. The van der Waals surface area contributed by atoms with Gasteiger partial charge in [-0.1, -0.05) is 18.2 Å². The number of para-hydroxylation sites is 1. The molecule has 0 spiro atoms. The van der Waals surface area contributed by atoms with Crippen molar-refractivity contribution < 1.29 is 15.0 Å². The Morgan fingerprint density at radius 1 is 1.43 bits per heavy atom. The van der Waals surface area contributed by atoms with Crippen LogP contribution in [0.4, 0.5) is 0 Å². The third kappa shape index (κ3) is 3.06. The molecule has 1 aromatic carbocycles. The van der Waals surface area contributed by atoms with Crippen molar-refractivity contribution in [3.05, 3.63) is 29.8 Å². The smallest absolute Gasteiger partial charge is 0.304 e. The van der Waals surface area contributed by atoms with Gasteiger partial charge in [-0.05, 0) is 18.1 Å². The molecule has 0 saturated heterocycles. The van der Waals surface area contributed by atoms with Gasteiger partial charge < -0.3 is 15.9 Å². The van der Waals surface area contributed by atoms with Crippen LogP contribution in [0.15, 0.2) is 24.3 Å². The lowest BCUT2D eigenvalue weighted by molar-refractivity contribution is -0.137. The SMILES string of the molecule is N[C@@H](CC(=O)O)Cc1ccccc1O. The second-order valence-electron chi connectivity index (χ2n) is 3.19. The van der Waals surface area contributed by atoms with Crippen LogP contribution in [-0.4, -0.2) is 22.2 Å². The number of benzene rings is 1. The van der Waals surface area contributed by atoms with Gasteiger partial charge in [-0.3, -0.25) is 4.79 Å². The van der Waals surface area contributed by atoms with E-state index in [1.807, 2.05) is 0 Å². The molecule has 0 aliphatic heterocycles. The molecule has 0 aromatic heterocycles. The van der Waals surface area contributed by atoms with E-state index < -0.39 is 12.0 Å². The van der Waals surface area contributed by atoms with Gasteiger partial charge in [-0.25, -0.2) is 0 Å². The van der Waals surface area contributed by atoms with Gasteiger partial charge in [-0.2, -0.15) is 0 Å². The molecule has 0 heterocycles. The number of hydrogen-bond acceptors (Lipinski definition) is 3. The Hall–Kier alpha value is -1.55. The molecule has 4 N–H and O–H groups in total. The third-order valence-electron chi connectivity index (χ3n) is 1.91. The molecule has 0 radical (unpaired) electrons. The fraction of sp³-hybridized carbons (Fsp3) is 0.300. The molecule has 1 atom stereocenters. The van der Waals surface area contributed by atoms with Crippen molar-refractivity contribution >= 4 is 5.97 Å². The van der Waals surface area contributed by atoms with Crippen LogP contribution in [0.25, 0.3) is 0 Å². The van der Waals surface area contributed by atoms with E-state index in [9.17, 15) is 9.90 Å². The highest BCUT2D eigenvalue weighted by Crippen LogP contribution is 2.17. The Morgan fingerprint density at radius 2 is 2.07 bits per heavy atom. The number of hydrogen-bond donors (Lipinski definition) is 3. The summed E-state index contributed by atoms with van der Waals surface area (Å²) < 4.78 is 0. The standard InChI is InChI=1S/C10H13NO3/c11-8(6-10(13)14)5-7-3-1-2-4-9(7)12/h1-4,8,12H,5-6,11H2,(H,13,14)/t8-/m1/s1. The predicted molar refractivity (Wildman–Crippen MR) is 52.0 cm³/mol. The number of phenolic OH excluding ortho intramolecular Hbond substituents is 1. The summed E-state index contributed by atoms with van der Waals surface area (Å²) >= 11 is 0. The van der Waals surface area contributed by atoms with Crippen molar-refractivity contribution in [1.29, 1.82) is 0 Å². The van der Waals surface area contributed by atoms with E-state index in [4.69, 9.17) is 10.8 Å². The van der Waals surface area contributed by atoms with Gasteiger partial charge in [0.05, 0.1) is 6.42 Å². The topological polar surface area (TPSA) is 83.6 Å². The zero-order valence-corrected chi connectivity index (χ0v) is 7.68. The van der Waals surface area contributed by atoms with Crippen molar-refractivity contribution in [2.45, 2.75) is 18.9 Å². The van der Waals surface area contributed by atoms with Gasteiger partial charge >= 0.3 is 5.97 Å².